The maximum Gasteiger partial charge on any atom is 0.309 e. The SMILES string of the molecule is C=CCCN1C[N+]([O-])(c2nnc(CCC)s2)C(O)C1COC. The normalized spacial score (nSPS) is 29.1. The fourth-order valence-electron chi connectivity index (χ4n) is 2.67. The molecule has 2 rings (SSSR count). The molecule has 1 saturated heterocycles. The third-order valence-electron chi connectivity index (χ3n) is 3.83. The van der Waals surface area contributed by atoms with E-state index in [9.17, 15) is 10.3 Å². The van der Waals surface area contributed by atoms with Crippen LogP contribution in [0.15, 0.2) is 12.7 Å². The molecule has 3 unspecified atom stereocenters. The van der Waals surface area contributed by atoms with Crippen molar-refractivity contribution >= 4 is 16.5 Å². The largest absolute Gasteiger partial charge is 0.623 e. The molecule has 1 aromatic heterocycles. The zero-order valence-corrected chi connectivity index (χ0v) is 14.0. The summed E-state index contributed by atoms with van der Waals surface area (Å²) < 4.78 is 4.30. The minimum absolute atomic E-state index is 0.157. The van der Waals surface area contributed by atoms with Crippen LogP contribution in [0.1, 0.15) is 24.8 Å². The van der Waals surface area contributed by atoms with Crippen molar-refractivity contribution in [2.75, 3.05) is 26.9 Å². The molecule has 0 radical (unpaired) electrons. The Morgan fingerprint density at radius 2 is 2.36 bits per heavy atom. The van der Waals surface area contributed by atoms with Crippen LogP contribution in [0.25, 0.3) is 0 Å². The Hall–Kier alpha value is -0.900. The number of hydroxylamine groups is 2. The van der Waals surface area contributed by atoms with Crippen LogP contribution in [0.5, 0.6) is 0 Å². The van der Waals surface area contributed by atoms with Crippen LogP contribution >= 0.6 is 11.3 Å². The van der Waals surface area contributed by atoms with Gasteiger partial charge in [0, 0.05) is 20.1 Å². The molecule has 0 aromatic carbocycles. The minimum atomic E-state index is -1.12. The average Bonchev–Trinajstić information content (AvgIpc) is 3.06. The number of methoxy groups -OCH3 is 1. The molecule has 1 fully saturated rings. The lowest BCUT2D eigenvalue weighted by atomic mass is 10.2. The monoisotopic (exact) mass is 328 g/mol. The van der Waals surface area contributed by atoms with Gasteiger partial charge in [0.15, 0.2) is 0 Å². The first kappa shape index (κ1) is 17.5. The molecule has 22 heavy (non-hydrogen) atoms. The van der Waals surface area contributed by atoms with Gasteiger partial charge in [-0.15, -0.1) is 11.7 Å². The van der Waals surface area contributed by atoms with Gasteiger partial charge in [0.1, 0.15) is 17.7 Å². The van der Waals surface area contributed by atoms with Crippen molar-refractivity contribution in [1.29, 1.82) is 0 Å². The van der Waals surface area contributed by atoms with E-state index in [4.69, 9.17) is 4.74 Å². The molecule has 1 N–H and O–H groups in total. The number of aliphatic hydroxyl groups excluding tert-OH is 1. The molecule has 1 aromatic rings. The van der Waals surface area contributed by atoms with Crippen molar-refractivity contribution in [2.45, 2.75) is 38.5 Å². The average molecular weight is 328 g/mol. The molecule has 0 saturated carbocycles. The summed E-state index contributed by atoms with van der Waals surface area (Å²) in [5.41, 5.74) is 0. The maximum atomic E-state index is 13.2. The molecule has 0 bridgehead atoms. The number of aryl methyl sites for hydroxylation is 1. The second-order valence-corrected chi connectivity index (χ2v) is 6.53. The van der Waals surface area contributed by atoms with Crippen molar-refractivity contribution in [1.82, 2.24) is 19.7 Å². The summed E-state index contributed by atoms with van der Waals surface area (Å²) in [6.45, 7) is 6.89. The fraction of sp³-hybridized carbons (Fsp3) is 0.714. The Kier molecular flexibility index (Phi) is 6.01. The molecule has 2 heterocycles. The Bertz CT molecular complexity index is 498. The van der Waals surface area contributed by atoms with Gasteiger partial charge in [0.05, 0.1) is 6.61 Å². The van der Waals surface area contributed by atoms with E-state index in [1.54, 1.807) is 13.2 Å². The summed E-state index contributed by atoms with van der Waals surface area (Å²) in [5.74, 6) is 0. The van der Waals surface area contributed by atoms with Gasteiger partial charge in [-0.2, -0.15) is 0 Å². The molecule has 0 spiro atoms. The molecule has 0 amide bonds. The van der Waals surface area contributed by atoms with Crippen LogP contribution in [0.2, 0.25) is 0 Å². The summed E-state index contributed by atoms with van der Waals surface area (Å²) in [5, 5.41) is 33.0. The molecular weight excluding hydrogens is 304 g/mol. The van der Waals surface area contributed by atoms with E-state index >= 15 is 0 Å². The zero-order chi connectivity index (χ0) is 16.2. The van der Waals surface area contributed by atoms with Crippen LogP contribution in [0.4, 0.5) is 5.13 Å². The summed E-state index contributed by atoms with van der Waals surface area (Å²) in [4.78, 5) is 1.95. The van der Waals surface area contributed by atoms with Gasteiger partial charge in [-0.05, 0) is 24.2 Å². The third kappa shape index (κ3) is 3.37. The number of ether oxygens (including phenoxy) is 1. The Morgan fingerprint density at radius 1 is 1.59 bits per heavy atom. The van der Waals surface area contributed by atoms with E-state index in [1.165, 1.54) is 11.3 Å². The van der Waals surface area contributed by atoms with E-state index in [0.29, 0.717) is 18.3 Å². The molecule has 1 aliphatic heterocycles. The van der Waals surface area contributed by atoms with E-state index in [-0.39, 0.29) is 12.7 Å². The van der Waals surface area contributed by atoms with Crippen LogP contribution in [-0.4, -0.2) is 59.4 Å². The Labute approximate surface area is 135 Å². The van der Waals surface area contributed by atoms with Gasteiger partial charge in [0.2, 0.25) is 6.23 Å². The number of hydrogen-bond donors (Lipinski definition) is 1. The van der Waals surface area contributed by atoms with Crippen molar-refractivity contribution in [3.05, 3.63) is 22.9 Å². The zero-order valence-electron chi connectivity index (χ0n) is 13.1. The second kappa shape index (κ2) is 7.58. The van der Waals surface area contributed by atoms with Crippen molar-refractivity contribution < 1.29 is 9.84 Å². The lowest BCUT2D eigenvalue weighted by molar-refractivity contribution is 0.0195. The molecular formula is C14H24N4O3S. The van der Waals surface area contributed by atoms with Crippen molar-refractivity contribution in [3.8, 4) is 0 Å². The van der Waals surface area contributed by atoms with Gasteiger partial charge < -0.3 is 15.1 Å². The molecule has 3 atom stereocenters. The smallest absolute Gasteiger partial charge is 0.309 e. The Morgan fingerprint density at radius 3 is 3.00 bits per heavy atom. The maximum absolute atomic E-state index is 13.2. The Balaban J connectivity index is 2.22. The van der Waals surface area contributed by atoms with Crippen molar-refractivity contribution in [2.24, 2.45) is 0 Å². The first-order valence-corrected chi connectivity index (χ1v) is 8.32. The molecule has 8 heteroatoms. The summed E-state index contributed by atoms with van der Waals surface area (Å²) in [6, 6.07) is -0.346. The second-order valence-electron chi connectivity index (χ2n) is 5.49. The fourth-order valence-corrected chi connectivity index (χ4v) is 3.67. The third-order valence-corrected chi connectivity index (χ3v) is 4.93. The molecule has 124 valence electrons. The van der Waals surface area contributed by atoms with Crippen molar-refractivity contribution in [3.63, 3.8) is 0 Å². The highest BCUT2D eigenvalue weighted by Crippen LogP contribution is 2.36. The number of nitrogens with zero attached hydrogens (tertiary/aromatic N) is 4. The number of rotatable bonds is 8. The highest BCUT2D eigenvalue weighted by Gasteiger charge is 2.50. The summed E-state index contributed by atoms with van der Waals surface area (Å²) >= 11 is 1.29. The van der Waals surface area contributed by atoms with Gasteiger partial charge in [0.25, 0.3) is 0 Å². The minimum Gasteiger partial charge on any atom is -0.623 e. The van der Waals surface area contributed by atoms with E-state index in [1.807, 2.05) is 4.90 Å². The van der Waals surface area contributed by atoms with Gasteiger partial charge >= 0.3 is 5.13 Å². The lowest BCUT2D eigenvalue weighted by Crippen LogP contribution is -2.51. The highest BCUT2D eigenvalue weighted by atomic mass is 32.1. The molecule has 7 nitrogen and oxygen atoms in total. The molecule has 1 aliphatic rings. The number of quaternary nitrogens is 1. The lowest BCUT2D eigenvalue weighted by Gasteiger charge is -2.37. The predicted molar refractivity (Wildman–Crippen MR) is 87.1 cm³/mol. The van der Waals surface area contributed by atoms with E-state index < -0.39 is 10.9 Å². The number of aliphatic hydroxyl groups is 1. The quantitative estimate of drug-likeness (QED) is 0.442. The first-order valence-electron chi connectivity index (χ1n) is 7.50. The standard InChI is InChI=1S/C14H24N4O3S/c1-4-6-8-17-10-18(20,13(19)11(17)9-21-3)14-16-15-12(22-14)7-5-2/h4,11,13,19H,1,5-10H2,2-3H3. The van der Waals surface area contributed by atoms with Crippen LogP contribution < -0.4 is 4.65 Å². The van der Waals surface area contributed by atoms with Gasteiger partial charge in [-0.3, -0.25) is 4.65 Å². The first-order chi connectivity index (χ1) is 10.6. The van der Waals surface area contributed by atoms with Crippen LogP contribution in [0, 0.1) is 5.21 Å². The predicted octanol–water partition coefficient (Wildman–Crippen LogP) is 1.48. The number of hydrogen-bond acceptors (Lipinski definition) is 7. The highest BCUT2D eigenvalue weighted by molar-refractivity contribution is 7.15. The van der Waals surface area contributed by atoms with E-state index in [0.717, 1.165) is 24.3 Å². The topological polar surface area (TPSA) is 81.5 Å². The number of aromatic nitrogens is 2. The summed E-state index contributed by atoms with van der Waals surface area (Å²) in [6.07, 6.45) is 3.19. The van der Waals surface area contributed by atoms with Crippen LogP contribution in [-0.2, 0) is 11.2 Å². The molecule has 0 aliphatic carbocycles. The van der Waals surface area contributed by atoms with Crippen LogP contribution in [0.3, 0.4) is 0 Å². The summed E-state index contributed by atoms with van der Waals surface area (Å²) in [7, 11) is 1.57. The van der Waals surface area contributed by atoms with Gasteiger partial charge in [-0.1, -0.05) is 18.1 Å². The van der Waals surface area contributed by atoms with E-state index in [2.05, 4.69) is 23.7 Å². The van der Waals surface area contributed by atoms with Gasteiger partial charge in [-0.25, -0.2) is 4.90 Å².